The van der Waals surface area contributed by atoms with Gasteiger partial charge in [-0.15, -0.1) is 0 Å². The van der Waals surface area contributed by atoms with Gasteiger partial charge in [-0.25, -0.2) is 4.98 Å². The molecule has 0 saturated heterocycles. The lowest BCUT2D eigenvalue weighted by molar-refractivity contribution is 0.590. The van der Waals surface area contributed by atoms with Crippen LogP contribution in [0.2, 0.25) is 0 Å². The molecule has 0 aliphatic rings. The van der Waals surface area contributed by atoms with Crippen LogP contribution < -0.4 is 11.1 Å². The summed E-state index contributed by atoms with van der Waals surface area (Å²) in [5.74, 6) is 0.559. The quantitative estimate of drug-likeness (QED) is 0.833. The number of rotatable bonds is 4. The molecule has 1 atom stereocenters. The van der Waals surface area contributed by atoms with Gasteiger partial charge in [0.2, 0.25) is 0 Å². The summed E-state index contributed by atoms with van der Waals surface area (Å²) >= 11 is 0. The number of hydrogen-bond donors (Lipinski definition) is 2. The van der Waals surface area contributed by atoms with Crippen molar-refractivity contribution in [3.05, 3.63) is 54.0 Å². The Morgan fingerprint density at radius 1 is 1.35 bits per heavy atom. The van der Waals surface area contributed by atoms with Gasteiger partial charge < -0.3 is 11.1 Å². The number of nitrogen functional groups attached to an aromatic ring is 1. The zero-order chi connectivity index (χ0) is 12.1. The van der Waals surface area contributed by atoms with E-state index >= 15 is 0 Å². The van der Waals surface area contributed by atoms with Gasteiger partial charge in [0.1, 0.15) is 5.82 Å². The summed E-state index contributed by atoms with van der Waals surface area (Å²) in [4.78, 5) is 8.13. The number of hydrogen-bond acceptors (Lipinski definition) is 4. The fraction of sp³-hybridized carbons (Fsp3) is 0.231. The second-order valence-corrected chi connectivity index (χ2v) is 3.92. The number of aromatic nitrogens is 2. The molecule has 2 aromatic rings. The van der Waals surface area contributed by atoms with Crippen molar-refractivity contribution in [1.82, 2.24) is 15.3 Å². The zero-order valence-corrected chi connectivity index (χ0v) is 9.80. The Labute approximate surface area is 101 Å². The van der Waals surface area contributed by atoms with Crippen LogP contribution in [0, 0.1) is 0 Å². The fourth-order valence-electron chi connectivity index (χ4n) is 1.83. The molecule has 2 rings (SSSR count). The number of nitrogens with two attached hydrogens (primary N) is 1. The molecule has 3 N–H and O–H groups in total. The van der Waals surface area contributed by atoms with Crippen molar-refractivity contribution < 1.29 is 0 Å². The van der Waals surface area contributed by atoms with Gasteiger partial charge in [0.15, 0.2) is 0 Å². The summed E-state index contributed by atoms with van der Waals surface area (Å²) in [6.45, 7) is 0. The summed E-state index contributed by atoms with van der Waals surface area (Å²) in [5, 5.41) is 3.29. The average molecular weight is 228 g/mol. The minimum atomic E-state index is 0.241. The van der Waals surface area contributed by atoms with E-state index in [-0.39, 0.29) is 6.04 Å². The summed E-state index contributed by atoms with van der Waals surface area (Å²) in [7, 11) is 1.95. The summed E-state index contributed by atoms with van der Waals surface area (Å²) < 4.78 is 0. The second-order valence-electron chi connectivity index (χ2n) is 3.92. The average Bonchev–Trinajstić information content (AvgIpc) is 2.37. The Bertz CT molecular complexity index is 470. The van der Waals surface area contributed by atoms with Crippen LogP contribution in [0.1, 0.15) is 17.2 Å². The molecule has 0 fully saturated rings. The molecule has 1 unspecified atom stereocenters. The van der Waals surface area contributed by atoms with E-state index in [1.54, 1.807) is 12.4 Å². The minimum Gasteiger partial charge on any atom is -0.384 e. The van der Waals surface area contributed by atoms with Crippen molar-refractivity contribution in [2.75, 3.05) is 12.8 Å². The Kier molecular flexibility index (Phi) is 3.67. The van der Waals surface area contributed by atoms with E-state index in [0.29, 0.717) is 5.82 Å². The molecule has 88 valence electrons. The highest BCUT2D eigenvalue weighted by Crippen LogP contribution is 2.17. The summed E-state index contributed by atoms with van der Waals surface area (Å²) in [6.07, 6.45) is 6.27. The van der Waals surface area contributed by atoms with Crippen molar-refractivity contribution in [3.8, 4) is 0 Å². The SMILES string of the molecule is CNC(Cc1ccnc(N)c1)c1cccnc1. The van der Waals surface area contributed by atoms with E-state index < -0.39 is 0 Å². The van der Waals surface area contributed by atoms with Crippen LogP contribution >= 0.6 is 0 Å². The number of pyridine rings is 2. The van der Waals surface area contributed by atoms with Crippen LogP contribution in [-0.2, 0) is 6.42 Å². The van der Waals surface area contributed by atoms with Crippen molar-refractivity contribution in [3.63, 3.8) is 0 Å². The maximum Gasteiger partial charge on any atom is 0.123 e. The number of nitrogens with one attached hydrogen (secondary N) is 1. The van der Waals surface area contributed by atoms with Gasteiger partial charge in [0.05, 0.1) is 0 Å². The fourth-order valence-corrected chi connectivity index (χ4v) is 1.83. The molecule has 0 aliphatic heterocycles. The number of likely N-dealkylation sites (N-methyl/N-ethyl adjacent to an activating group) is 1. The first-order chi connectivity index (χ1) is 8.29. The normalized spacial score (nSPS) is 12.3. The first-order valence-corrected chi connectivity index (χ1v) is 5.57. The third-order valence-corrected chi connectivity index (χ3v) is 2.72. The Hall–Kier alpha value is -1.94. The summed E-state index contributed by atoms with van der Waals surface area (Å²) in [6, 6.07) is 8.14. The summed E-state index contributed by atoms with van der Waals surface area (Å²) in [5.41, 5.74) is 8.01. The molecule has 0 aliphatic carbocycles. The first-order valence-electron chi connectivity index (χ1n) is 5.57. The molecule has 0 saturated carbocycles. The largest absolute Gasteiger partial charge is 0.384 e. The van der Waals surface area contributed by atoms with Crippen molar-refractivity contribution in [2.45, 2.75) is 12.5 Å². The topological polar surface area (TPSA) is 63.8 Å². The third kappa shape index (κ3) is 3.01. The predicted octanol–water partition coefficient (Wildman–Crippen LogP) is 1.56. The molecular weight excluding hydrogens is 212 g/mol. The van der Waals surface area contributed by atoms with Gasteiger partial charge in [0, 0.05) is 24.6 Å². The minimum absolute atomic E-state index is 0.241. The molecule has 0 bridgehead atoms. The Morgan fingerprint density at radius 2 is 2.24 bits per heavy atom. The molecule has 2 aromatic heterocycles. The van der Waals surface area contributed by atoms with Crippen molar-refractivity contribution in [1.29, 1.82) is 0 Å². The lowest BCUT2D eigenvalue weighted by atomic mass is 10.0. The molecule has 4 nitrogen and oxygen atoms in total. The monoisotopic (exact) mass is 228 g/mol. The van der Waals surface area contributed by atoms with Crippen LogP contribution in [0.25, 0.3) is 0 Å². The van der Waals surface area contributed by atoms with Gasteiger partial charge >= 0.3 is 0 Å². The second kappa shape index (κ2) is 5.41. The number of anilines is 1. The van der Waals surface area contributed by atoms with E-state index in [0.717, 1.165) is 6.42 Å². The van der Waals surface area contributed by atoms with E-state index in [4.69, 9.17) is 5.73 Å². The van der Waals surface area contributed by atoms with Gasteiger partial charge in [0.25, 0.3) is 0 Å². The van der Waals surface area contributed by atoms with Crippen LogP contribution in [0.5, 0.6) is 0 Å². The molecule has 0 amide bonds. The van der Waals surface area contributed by atoms with Crippen LogP contribution in [0.15, 0.2) is 42.9 Å². The Morgan fingerprint density at radius 3 is 2.88 bits per heavy atom. The molecular formula is C13H16N4. The van der Waals surface area contributed by atoms with Crippen molar-refractivity contribution >= 4 is 5.82 Å². The smallest absolute Gasteiger partial charge is 0.123 e. The highest BCUT2D eigenvalue weighted by molar-refractivity contribution is 5.33. The van der Waals surface area contributed by atoms with E-state index in [9.17, 15) is 0 Å². The van der Waals surface area contributed by atoms with Gasteiger partial charge in [-0.05, 0) is 42.8 Å². The third-order valence-electron chi connectivity index (χ3n) is 2.72. The zero-order valence-electron chi connectivity index (χ0n) is 9.80. The number of nitrogens with zero attached hydrogens (tertiary/aromatic N) is 2. The Balaban J connectivity index is 2.16. The standard InChI is InChI=1S/C13H16N4/c1-15-12(11-3-2-5-16-9-11)7-10-4-6-17-13(14)8-10/h2-6,8-9,12,15H,7H2,1H3,(H2,14,17). The van der Waals surface area contributed by atoms with E-state index in [1.165, 1.54) is 11.1 Å². The van der Waals surface area contributed by atoms with Crippen molar-refractivity contribution in [2.24, 2.45) is 0 Å². The highest BCUT2D eigenvalue weighted by atomic mass is 14.9. The molecule has 0 radical (unpaired) electrons. The highest BCUT2D eigenvalue weighted by Gasteiger charge is 2.10. The molecule has 17 heavy (non-hydrogen) atoms. The van der Waals surface area contributed by atoms with Gasteiger partial charge in [-0.3, -0.25) is 4.98 Å². The van der Waals surface area contributed by atoms with E-state index in [2.05, 4.69) is 21.4 Å². The molecule has 0 aromatic carbocycles. The first kappa shape index (κ1) is 11.5. The van der Waals surface area contributed by atoms with Gasteiger partial charge in [-0.1, -0.05) is 6.07 Å². The van der Waals surface area contributed by atoms with Gasteiger partial charge in [-0.2, -0.15) is 0 Å². The maximum atomic E-state index is 5.67. The van der Waals surface area contributed by atoms with Crippen LogP contribution in [0.4, 0.5) is 5.82 Å². The van der Waals surface area contributed by atoms with Crippen LogP contribution in [-0.4, -0.2) is 17.0 Å². The lowest BCUT2D eigenvalue weighted by Crippen LogP contribution is -2.19. The molecule has 2 heterocycles. The predicted molar refractivity (Wildman–Crippen MR) is 68.4 cm³/mol. The maximum absolute atomic E-state index is 5.67. The van der Waals surface area contributed by atoms with E-state index in [1.807, 2.05) is 31.4 Å². The molecule has 4 heteroatoms. The molecule has 0 spiro atoms. The lowest BCUT2D eigenvalue weighted by Gasteiger charge is -2.16. The van der Waals surface area contributed by atoms with Crippen LogP contribution in [0.3, 0.4) is 0 Å².